The van der Waals surface area contributed by atoms with E-state index in [-0.39, 0.29) is 80.0 Å². The number of ether oxygens (including phenoxy) is 2. The van der Waals surface area contributed by atoms with Gasteiger partial charge in [-0.15, -0.1) is 0 Å². The van der Waals surface area contributed by atoms with Crippen LogP contribution in [0.4, 0.5) is 0 Å². The Hall–Kier alpha value is -3.59. The summed E-state index contributed by atoms with van der Waals surface area (Å²) in [5.74, 6) is -2.06. The van der Waals surface area contributed by atoms with Crippen molar-refractivity contribution in [2.45, 2.75) is 110 Å². The molecular weight excluding hydrogens is 692 g/mol. The quantitative estimate of drug-likeness (QED) is 0.122. The van der Waals surface area contributed by atoms with Crippen LogP contribution < -0.4 is 16.0 Å². The largest absolute Gasteiger partial charge is 0.396 e. The number of nitrogens with zero attached hydrogens (tertiary/aromatic N) is 3. The highest BCUT2D eigenvalue weighted by molar-refractivity contribution is 5.89. The number of likely N-dealkylation sites (N-methyl/N-ethyl adjacent to an activating group) is 2. The molecule has 8 atom stereocenters. The van der Waals surface area contributed by atoms with Crippen molar-refractivity contribution < 1.29 is 38.6 Å². The maximum Gasteiger partial charge on any atom is 0.242 e. The second-order valence-electron chi connectivity index (χ2n) is 15.1. The summed E-state index contributed by atoms with van der Waals surface area (Å²) in [6, 6.07) is 7.34. The molecular formula is C40H68N6O8. The van der Waals surface area contributed by atoms with E-state index in [9.17, 15) is 29.1 Å². The van der Waals surface area contributed by atoms with Gasteiger partial charge < -0.3 is 40.3 Å². The minimum atomic E-state index is -0.850. The topological polar surface area (TPSA) is 170 Å². The number of hydrogen-bond acceptors (Lipinski definition) is 9. The van der Waals surface area contributed by atoms with Gasteiger partial charge in [0.15, 0.2) is 0 Å². The van der Waals surface area contributed by atoms with Crippen molar-refractivity contribution in [3.63, 3.8) is 0 Å². The van der Waals surface area contributed by atoms with Gasteiger partial charge in [0.25, 0.3) is 0 Å². The summed E-state index contributed by atoms with van der Waals surface area (Å²) in [7, 11) is 8.41. The van der Waals surface area contributed by atoms with Gasteiger partial charge in [0.2, 0.25) is 29.5 Å². The summed E-state index contributed by atoms with van der Waals surface area (Å²) < 4.78 is 11.9. The molecule has 1 fully saturated rings. The molecule has 0 bridgehead atoms. The number of rotatable bonds is 23. The van der Waals surface area contributed by atoms with Crippen molar-refractivity contribution in [3.8, 4) is 0 Å². The molecule has 1 aliphatic heterocycles. The Labute approximate surface area is 323 Å². The molecule has 14 nitrogen and oxygen atoms in total. The van der Waals surface area contributed by atoms with E-state index in [0.717, 1.165) is 18.4 Å². The van der Waals surface area contributed by atoms with Crippen LogP contribution >= 0.6 is 0 Å². The second-order valence-corrected chi connectivity index (χ2v) is 15.1. The van der Waals surface area contributed by atoms with Gasteiger partial charge in [0.05, 0.1) is 49.2 Å². The van der Waals surface area contributed by atoms with Crippen LogP contribution in [0, 0.1) is 17.8 Å². The van der Waals surface area contributed by atoms with E-state index in [1.807, 2.05) is 77.0 Å². The first-order valence-corrected chi connectivity index (χ1v) is 19.4. The molecule has 1 heterocycles. The lowest BCUT2D eigenvalue weighted by Gasteiger charge is -2.39. The first-order chi connectivity index (χ1) is 25.6. The average Bonchev–Trinajstić information content (AvgIpc) is 3.63. The highest BCUT2D eigenvalue weighted by atomic mass is 16.5. The third kappa shape index (κ3) is 13.3. The fraction of sp³-hybridized carbons (Fsp3) is 0.725. The number of likely N-dealkylation sites (tertiary alicyclic amines) is 1. The van der Waals surface area contributed by atoms with Crippen molar-refractivity contribution in [2.24, 2.45) is 17.8 Å². The van der Waals surface area contributed by atoms with E-state index >= 15 is 0 Å². The first-order valence-electron chi connectivity index (χ1n) is 19.4. The zero-order valence-electron chi connectivity index (χ0n) is 34.3. The summed E-state index contributed by atoms with van der Waals surface area (Å²) in [5, 5.41) is 17.7. The number of carbonyl (C=O) groups is 5. The Kier molecular flexibility index (Phi) is 20.1. The molecule has 14 heteroatoms. The van der Waals surface area contributed by atoms with Crippen molar-refractivity contribution in [3.05, 3.63) is 35.9 Å². The van der Waals surface area contributed by atoms with Crippen LogP contribution in [0.15, 0.2) is 30.3 Å². The van der Waals surface area contributed by atoms with E-state index in [1.165, 1.54) is 14.2 Å². The summed E-state index contributed by atoms with van der Waals surface area (Å²) in [6.45, 7) is 10.2. The molecule has 0 aliphatic carbocycles. The van der Waals surface area contributed by atoms with E-state index in [2.05, 4.69) is 16.0 Å². The average molecular weight is 761 g/mol. The van der Waals surface area contributed by atoms with Crippen molar-refractivity contribution in [1.82, 2.24) is 30.7 Å². The highest BCUT2D eigenvalue weighted by Gasteiger charge is 2.42. The zero-order chi connectivity index (χ0) is 40.5. The number of amides is 5. The standard InChI is InChI=1S/C40H68N6O8/c1-11-27(4)36(45(8)34(49)25-42-40(52)35(26(2)3)44(6)7)32(53-9)24-33(48)46-21-15-19-31(46)37(54-10)28(5)38(50)43-30(39(51)41-20-16-22-47)23-29-17-13-12-14-18-29/h12-14,17-18,26-28,30-32,35-37,47H,11,15-16,19-25H2,1-10H3,(H,41,51)(H,42,52)(H,43,50). The number of aliphatic hydroxyl groups is 1. The Bertz CT molecular complexity index is 1320. The lowest BCUT2D eigenvalue weighted by molar-refractivity contribution is -0.146. The Morgan fingerprint density at radius 1 is 0.944 bits per heavy atom. The van der Waals surface area contributed by atoms with Gasteiger partial charge in [-0.25, -0.2) is 0 Å². The molecule has 306 valence electrons. The minimum Gasteiger partial charge on any atom is -0.396 e. The predicted molar refractivity (Wildman–Crippen MR) is 208 cm³/mol. The van der Waals surface area contributed by atoms with Gasteiger partial charge in [-0.2, -0.15) is 0 Å². The van der Waals surface area contributed by atoms with Crippen LogP contribution in [0.5, 0.6) is 0 Å². The predicted octanol–water partition coefficient (Wildman–Crippen LogP) is 1.84. The van der Waals surface area contributed by atoms with Crippen LogP contribution in [0.3, 0.4) is 0 Å². The maximum atomic E-state index is 14.1. The second kappa shape index (κ2) is 23.4. The third-order valence-corrected chi connectivity index (χ3v) is 10.7. The SMILES string of the molecule is CCC(C)C(C(CC(=O)N1CCCC1C(OC)C(C)C(=O)NC(Cc1ccccc1)C(=O)NCCCO)OC)N(C)C(=O)CNC(=O)C(C(C)C)N(C)C. The molecule has 2 rings (SSSR count). The van der Waals surface area contributed by atoms with Gasteiger partial charge in [-0.1, -0.05) is 71.4 Å². The summed E-state index contributed by atoms with van der Waals surface area (Å²) in [6.07, 6.45) is 1.49. The van der Waals surface area contributed by atoms with Crippen molar-refractivity contribution >= 4 is 29.5 Å². The van der Waals surface area contributed by atoms with Crippen molar-refractivity contribution in [2.75, 3.05) is 61.6 Å². The highest BCUT2D eigenvalue weighted by Crippen LogP contribution is 2.29. The first kappa shape index (κ1) is 46.6. The number of methoxy groups -OCH3 is 2. The van der Waals surface area contributed by atoms with E-state index in [4.69, 9.17) is 9.47 Å². The summed E-state index contributed by atoms with van der Waals surface area (Å²) in [5.41, 5.74) is 0.883. The van der Waals surface area contributed by atoms with E-state index in [0.29, 0.717) is 19.4 Å². The third-order valence-electron chi connectivity index (χ3n) is 10.7. The molecule has 4 N–H and O–H groups in total. The molecule has 0 spiro atoms. The molecule has 8 unspecified atom stereocenters. The number of benzene rings is 1. The molecule has 5 amide bonds. The van der Waals surface area contributed by atoms with E-state index in [1.54, 1.807) is 23.8 Å². The van der Waals surface area contributed by atoms with Crippen LogP contribution in [-0.2, 0) is 39.9 Å². The molecule has 0 saturated carbocycles. The normalized spacial score (nSPS) is 18.3. The lowest BCUT2D eigenvalue weighted by Crippen LogP contribution is -2.55. The molecule has 1 aromatic carbocycles. The van der Waals surface area contributed by atoms with E-state index < -0.39 is 36.3 Å². The Balaban J connectivity index is 2.20. The fourth-order valence-electron chi connectivity index (χ4n) is 7.63. The number of hydrogen-bond donors (Lipinski definition) is 4. The monoisotopic (exact) mass is 761 g/mol. The summed E-state index contributed by atoms with van der Waals surface area (Å²) in [4.78, 5) is 72.7. The molecule has 1 aromatic rings. The van der Waals surface area contributed by atoms with Gasteiger partial charge in [-0.3, -0.25) is 28.9 Å². The lowest BCUT2D eigenvalue weighted by atomic mass is 9.90. The van der Waals surface area contributed by atoms with Crippen LogP contribution in [-0.4, -0.2) is 147 Å². The zero-order valence-corrected chi connectivity index (χ0v) is 34.3. The van der Waals surface area contributed by atoms with Crippen LogP contribution in [0.1, 0.15) is 72.3 Å². The van der Waals surface area contributed by atoms with Crippen LogP contribution in [0.2, 0.25) is 0 Å². The summed E-state index contributed by atoms with van der Waals surface area (Å²) >= 11 is 0. The minimum absolute atomic E-state index is 0.00616. The number of aliphatic hydroxyl groups excluding tert-OH is 1. The van der Waals surface area contributed by atoms with Gasteiger partial charge >= 0.3 is 0 Å². The molecule has 1 saturated heterocycles. The van der Waals surface area contributed by atoms with Crippen LogP contribution in [0.25, 0.3) is 0 Å². The van der Waals surface area contributed by atoms with Gasteiger partial charge in [-0.05, 0) is 50.8 Å². The Morgan fingerprint density at radius 2 is 1.61 bits per heavy atom. The smallest absolute Gasteiger partial charge is 0.242 e. The molecule has 0 aromatic heterocycles. The molecule has 1 aliphatic rings. The molecule has 0 radical (unpaired) electrons. The Morgan fingerprint density at radius 3 is 2.17 bits per heavy atom. The fourth-order valence-corrected chi connectivity index (χ4v) is 7.63. The number of nitrogens with one attached hydrogen (secondary N) is 3. The maximum absolute atomic E-state index is 14.1. The van der Waals surface area contributed by atoms with Gasteiger partial charge in [0, 0.05) is 47.4 Å². The van der Waals surface area contributed by atoms with Gasteiger partial charge in [0.1, 0.15) is 6.04 Å². The van der Waals surface area contributed by atoms with Crippen molar-refractivity contribution in [1.29, 1.82) is 0 Å². The molecule has 54 heavy (non-hydrogen) atoms. The number of carbonyl (C=O) groups excluding carboxylic acids is 5.